The summed E-state index contributed by atoms with van der Waals surface area (Å²) in [5.74, 6) is 0.493. The maximum atomic E-state index is 11.9. The van der Waals surface area contributed by atoms with Gasteiger partial charge >= 0.3 is 0 Å². The minimum Gasteiger partial charge on any atom is -0.506 e. The van der Waals surface area contributed by atoms with Crippen LogP contribution >= 0.6 is 11.6 Å². The van der Waals surface area contributed by atoms with Crippen molar-refractivity contribution in [2.75, 3.05) is 10.6 Å². The third-order valence-corrected chi connectivity index (χ3v) is 5.11. The van der Waals surface area contributed by atoms with Gasteiger partial charge in [0.1, 0.15) is 17.4 Å². The Morgan fingerprint density at radius 2 is 2.10 bits per heavy atom. The Bertz CT molecular complexity index is 1230. The number of halogens is 1. The number of phenols is 1. The molecule has 3 heterocycles. The normalized spacial score (nSPS) is 17.6. The minimum absolute atomic E-state index is 0.0255. The second-order valence-electron chi connectivity index (χ2n) is 7.29. The molecule has 3 aromatic rings. The van der Waals surface area contributed by atoms with Gasteiger partial charge in [-0.05, 0) is 37.1 Å². The van der Waals surface area contributed by atoms with E-state index in [4.69, 9.17) is 11.6 Å². The number of anilines is 3. The number of benzene rings is 1. The molecule has 1 aliphatic carbocycles. The van der Waals surface area contributed by atoms with Crippen molar-refractivity contribution in [2.24, 2.45) is 0 Å². The summed E-state index contributed by atoms with van der Waals surface area (Å²) in [7, 11) is 0. The number of hydrogen-bond acceptors (Lipinski definition) is 7. The number of aromatic nitrogens is 3. The molecule has 2 aromatic heterocycles. The van der Waals surface area contributed by atoms with Gasteiger partial charge in [0.2, 0.25) is 5.91 Å². The number of phenolic OH excluding ortho intramolecular Hbond substituents is 1. The van der Waals surface area contributed by atoms with E-state index in [-0.39, 0.29) is 18.1 Å². The zero-order valence-electron chi connectivity index (χ0n) is 15.6. The first-order valence-electron chi connectivity index (χ1n) is 9.42. The van der Waals surface area contributed by atoms with E-state index in [9.17, 15) is 14.7 Å². The van der Waals surface area contributed by atoms with E-state index in [0.717, 1.165) is 18.7 Å². The van der Waals surface area contributed by atoms with Crippen molar-refractivity contribution in [3.05, 3.63) is 46.6 Å². The van der Waals surface area contributed by atoms with Crippen LogP contribution in [0, 0.1) is 0 Å². The third-order valence-electron chi connectivity index (χ3n) is 4.88. The molecule has 10 heteroatoms. The average molecular weight is 425 g/mol. The van der Waals surface area contributed by atoms with Gasteiger partial charge < -0.3 is 15.7 Å². The van der Waals surface area contributed by atoms with Crippen molar-refractivity contribution in [3.8, 4) is 5.75 Å². The summed E-state index contributed by atoms with van der Waals surface area (Å²) in [5.41, 5.74) is 1.88. The average Bonchev–Trinajstić information content (AvgIpc) is 3.34. The molecule has 0 bridgehead atoms. The summed E-state index contributed by atoms with van der Waals surface area (Å²) < 4.78 is 1.66. The van der Waals surface area contributed by atoms with Crippen molar-refractivity contribution < 1.29 is 14.7 Å². The molecule has 1 aromatic carbocycles. The summed E-state index contributed by atoms with van der Waals surface area (Å²) >= 11 is 6.04. The number of imide groups is 1. The number of nitrogens with one attached hydrogen (secondary N) is 3. The lowest BCUT2D eigenvalue weighted by Crippen LogP contribution is -2.19. The largest absolute Gasteiger partial charge is 0.506 e. The van der Waals surface area contributed by atoms with Gasteiger partial charge in [0.15, 0.2) is 5.65 Å². The Morgan fingerprint density at radius 3 is 2.83 bits per heavy atom. The first kappa shape index (κ1) is 18.4. The number of amides is 2. The van der Waals surface area contributed by atoms with Crippen molar-refractivity contribution in [1.29, 1.82) is 0 Å². The molecule has 2 amide bonds. The summed E-state index contributed by atoms with van der Waals surface area (Å²) in [6, 6.07) is 6.85. The Balaban J connectivity index is 1.59. The summed E-state index contributed by atoms with van der Waals surface area (Å²) in [5, 5.41) is 23.8. The van der Waals surface area contributed by atoms with Crippen LogP contribution in [0.5, 0.6) is 5.75 Å². The molecule has 5 rings (SSSR count). The van der Waals surface area contributed by atoms with Gasteiger partial charge in [0.25, 0.3) is 5.91 Å². The fraction of sp³-hybridized carbons (Fsp3) is 0.200. The zero-order chi connectivity index (χ0) is 20.8. The van der Waals surface area contributed by atoms with Crippen LogP contribution in [-0.2, 0) is 9.59 Å². The SMILES string of the molecule is O=C1CC(=Cc2cnn3c(NC4CC4)cc(Nc4cc(Cl)ccc4O)nc23)C(=O)N1. The van der Waals surface area contributed by atoms with Crippen LogP contribution < -0.4 is 16.0 Å². The van der Waals surface area contributed by atoms with E-state index in [1.807, 2.05) is 0 Å². The summed E-state index contributed by atoms with van der Waals surface area (Å²) in [6.07, 6.45) is 5.39. The van der Waals surface area contributed by atoms with Gasteiger partial charge in [-0.1, -0.05) is 11.6 Å². The van der Waals surface area contributed by atoms with Gasteiger partial charge in [-0.2, -0.15) is 9.61 Å². The van der Waals surface area contributed by atoms with Crippen LogP contribution in [0.3, 0.4) is 0 Å². The molecule has 1 saturated carbocycles. The predicted molar refractivity (Wildman–Crippen MR) is 112 cm³/mol. The third kappa shape index (κ3) is 3.55. The maximum absolute atomic E-state index is 11.9. The van der Waals surface area contributed by atoms with Crippen molar-refractivity contribution >= 4 is 52.5 Å². The summed E-state index contributed by atoms with van der Waals surface area (Å²) in [4.78, 5) is 28.0. The standard InChI is InChI=1S/C20H17ClN6O3/c21-12-1-4-15(28)14(7-12)24-16-8-17(23-13-2-3-13)27-19(25-16)11(9-22-27)5-10-6-18(29)26-20(10)30/h1,4-5,7-9,13,23,28H,2-3,6H2,(H,24,25)(H,26,29,30). The van der Waals surface area contributed by atoms with Crippen molar-refractivity contribution in [1.82, 2.24) is 19.9 Å². The molecule has 30 heavy (non-hydrogen) atoms. The smallest absolute Gasteiger partial charge is 0.254 e. The Morgan fingerprint density at radius 1 is 1.27 bits per heavy atom. The van der Waals surface area contributed by atoms with Gasteiger partial charge in [-0.15, -0.1) is 0 Å². The fourth-order valence-corrected chi connectivity index (χ4v) is 3.41. The van der Waals surface area contributed by atoms with Crippen LogP contribution in [0.2, 0.25) is 5.02 Å². The van der Waals surface area contributed by atoms with Crippen LogP contribution in [0.15, 0.2) is 36.0 Å². The molecule has 0 unspecified atom stereocenters. The molecule has 0 atom stereocenters. The molecule has 152 valence electrons. The van der Waals surface area contributed by atoms with E-state index in [1.54, 1.807) is 35.0 Å². The lowest BCUT2D eigenvalue weighted by atomic mass is 10.1. The lowest BCUT2D eigenvalue weighted by Gasteiger charge is -2.12. The van der Waals surface area contributed by atoms with Crippen molar-refractivity contribution in [3.63, 3.8) is 0 Å². The highest BCUT2D eigenvalue weighted by atomic mass is 35.5. The highest BCUT2D eigenvalue weighted by Crippen LogP contribution is 2.32. The second kappa shape index (κ2) is 7.03. The van der Waals surface area contributed by atoms with Gasteiger partial charge in [0.05, 0.1) is 18.3 Å². The molecule has 1 saturated heterocycles. The van der Waals surface area contributed by atoms with E-state index in [0.29, 0.717) is 39.4 Å². The molecule has 2 aliphatic rings. The monoisotopic (exact) mass is 424 g/mol. The molecule has 9 nitrogen and oxygen atoms in total. The Labute approximate surface area is 175 Å². The minimum atomic E-state index is -0.409. The number of rotatable bonds is 5. The van der Waals surface area contributed by atoms with Crippen LogP contribution in [0.25, 0.3) is 11.7 Å². The topological polar surface area (TPSA) is 121 Å². The van der Waals surface area contributed by atoms with E-state index in [1.165, 1.54) is 6.07 Å². The van der Waals surface area contributed by atoms with Crippen LogP contribution in [0.1, 0.15) is 24.8 Å². The van der Waals surface area contributed by atoms with Gasteiger partial charge in [0, 0.05) is 28.3 Å². The fourth-order valence-electron chi connectivity index (χ4n) is 3.24. The van der Waals surface area contributed by atoms with Crippen molar-refractivity contribution in [2.45, 2.75) is 25.3 Å². The molecule has 2 fully saturated rings. The summed E-state index contributed by atoms with van der Waals surface area (Å²) in [6.45, 7) is 0. The Hall–Kier alpha value is -3.59. The predicted octanol–water partition coefficient (Wildman–Crippen LogP) is 2.84. The number of carbonyl (C=O) groups excluding carboxylic acids is 2. The lowest BCUT2D eigenvalue weighted by molar-refractivity contribution is -0.124. The molecule has 0 spiro atoms. The molecular weight excluding hydrogens is 408 g/mol. The number of nitrogens with zero attached hydrogens (tertiary/aromatic N) is 3. The zero-order valence-corrected chi connectivity index (χ0v) is 16.4. The maximum Gasteiger partial charge on any atom is 0.254 e. The molecule has 4 N–H and O–H groups in total. The van der Waals surface area contributed by atoms with Crippen LogP contribution in [0.4, 0.5) is 17.3 Å². The number of carbonyl (C=O) groups is 2. The Kier molecular flexibility index (Phi) is 4.32. The number of fused-ring (bicyclic) bond motifs is 1. The molecule has 1 aliphatic heterocycles. The van der Waals surface area contributed by atoms with Gasteiger partial charge in [-0.25, -0.2) is 4.98 Å². The second-order valence-corrected chi connectivity index (χ2v) is 7.73. The first-order chi connectivity index (χ1) is 14.5. The highest BCUT2D eigenvalue weighted by molar-refractivity contribution is 6.31. The van der Waals surface area contributed by atoms with Gasteiger partial charge in [-0.3, -0.25) is 14.9 Å². The quantitative estimate of drug-likeness (QED) is 0.282. The first-order valence-corrected chi connectivity index (χ1v) is 9.80. The molecule has 0 radical (unpaired) electrons. The number of hydrogen-bond donors (Lipinski definition) is 4. The van der Waals surface area contributed by atoms with Crippen LogP contribution in [-0.4, -0.2) is 37.6 Å². The number of aromatic hydroxyl groups is 1. The molecular formula is C20H17ClN6O3. The van der Waals surface area contributed by atoms with E-state index in [2.05, 4.69) is 26.0 Å². The highest BCUT2D eigenvalue weighted by Gasteiger charge is 2.25. The van der Waals surface area contributed by atoms with E-state index < -0.39 is 5.91 Å². The van der Waals surface area contributed by atoms with E-state index >= 15 is 0 Å².